The highest BCUT2D eigenvalue weighted by Crippen LogP contribution is 2.14. The smallest absolute Gasteiger partial charge is 0.200 e. The molecule has 0 heterocycles. The molecule has 0 saturated heterocycles. The van der Waals surface area contributed by atoms with Crippen molar-refractivity contribution < 1.29 is 8.42 Å². The van der Waals surface area contributed by atoms with Gasteiger partial charge < -0.3 is 0 Å². The maximum absolute atomic E-state index is 9.96. The van der Waals surface area contributed by atoms with E-state index < -0.39 is 8.08 Å². The van der Waals surface area contributed by atoms with E-state index in [0.29, 0.717) is 5.75 Å². The summed E-state index contributed by atoms with van der Waals surface area (Å²) in [5.74, 6) is 0.506. The minimum atomic E-state index is -3.29. The Hall–Kier alpha value is 0.590. The molecule has 0 aromatic rings. The van der Waals surface area contributed by atoms with Crippen LogP contribution in [0.1, 0.15) is 6.92 Å². The van der Waals surface area contributed by atoms with Gasteiger partial charge in [-0.3, -0.25) is 0 Å². The second kappa shape index (κ2) is 2.79. The van der Waals surface area contributed by atoms with Gasteiger partial charge in [0.1, 0.15) is 0 Å². The number of halogens is 1. The number of hydrogen-bond donors (Lipinski definition) is 0. The minimum Gasteiger partial charge on any atom is -0.200 e. The van der Waals surface area contributed by atoms with Crippen LogP contribution in [0.2, 0.25) is 0 Å². The molecule has 0 aliphatic heterocycles. The van der Waals surface area contributed by atoms with Gasteiger partial charge >= 0.3 is 0 Å². The Bertz CT molecular complexity index is 127. The molecule has 0 amide bonds. The molecule has 0 rings (SSSR count). The van der Waals surface area contributed by atoms with Gasteiger partial charge in [0.25, 0.3) is 8.08 Å². The van der Waals surface area contributed by atoms with E-state index in [1.54, 1.807) is 6.92 Å². The van der Waals surface area contributed by atoms with Crippen molar-refractivity contribution in [3.05, 3.63) is 0 Å². The minimum absolute atomic E-state index is 0.506. The molecule has 44 valence electrons. The summed E-state index contributed by atoms with van der Waals surface area (Å²) >= 11 is 0. The standard InChI is InChI=1S/C2H5ClO2S2/c1-2-6-7(3,4)5/h2H2,1H3. The molecular weight excluding hydrogens is 156 g/mol. The highest BCUT2D eigenvalue weighted by molar-refractivity contribution is 8.80. The highest BCUT2D eigenvalue weighted by atomic mass is 35.8. The Kier molecular flexibility index (Phi) is 3.03. The molecule has 0 unspecified atom stereocenters. The molecule has 0 fully saturated rings. The van der Waals surface area contributed by atoms with Crippen molar-refractivity contribution in [3.8, 4) is 0 Å². The molecule has 0 saturated carbocycles. The lowest BCUT2D eigenvalue weighted by atomic mass is 11.0. The summed E-state index contributed by atoms with van der Waals surface area (Å²) in [6.45, 7) is 1.73. The fourth-order valence-corrected chi connectivity index (χ4v) is 2.07. The van der Waals surface area contributed by atoms with E-state index in [1.165, 1.54) is 0 Å². The fraction of sp³-hybridized carbons (Fsp3) is 1.00. The molecule has 5 heteroatoms. The van der Waals surface area contributed by atoms with E-state index in [-0.39, 0.29) is 0 Å². The Morgan fingerprint density at radius 1 is 1.71 bits per heavy atom. The molecule has 0 bridgehead atoms. The average molecular weight is 161 g/mol. The van der Waals surface area contributed by atoms with Crippen LogP contribution in [0.25, 0.3) is 0 Å². The van der Waals surface area contributed by atoms with E-state index in [2.05, 4.69) is 0 Å². The predicted octanol–water partition coefficient (Wildman–Crippen LogP) is 1.22. The fourth-order valence-electron chi connectivity index (χ4n) is 0.141. The normalized spacial score (nSPS) is 11.7. The van der Waals surface area contributed by atoms with Crippen LogP contribution in [0.15, 0.2) is 0 Å². The third-order valence-corrected chi connectivity index (χ3v) is 3.13. The first-order valence-electron chi connectivity index (χ1n) is 1.65. The van der Waals surface area contributed by atoms with Crippen LogP contribution in [0.3, 0.4) is 0 Å². The SMILES string of the molecule is CCSS(=O)(=O)Cl. The maximum atomic E-state index is 9.96. The summed E-state index contributed by atoms with van der Waals surface area (Å²) in [5.41, 5.74) is 0. The average Bonchev–Trinajstić information content (AvgIpc) is 1.30. The lowest BCUT2D eigenvalue weighted by Gasteiger charge is -1.83. The van der Waals surface area contributed by atoms with Gasteiger partial charge in [0.15, 0.2) is 0 Å². The Morgan fingerprint density at radius 2 is 2.14 bits per heavy atom. The van der Waals surface area contributed by atoms with Crippen LogP contribution in [-0.2, 0) is 8.08 Å². The number of rotatable bonds is 2. The zero-order valence-corrected chi connectivity index (χ0v) is 6.11. The van der Waals surface area contributed by atoms with E-state index in [1.807, 2.05) is 0 Å². The van der Waals surface area contributed by atoms with Crippen molar-refractivity contribution in [3.63, 3.8) is 0 Å². The van der Waals surface area contributed by atoms with Gasteiger partial charge in [0, 0.05) is 16.4 Å². The van der Waals surface area contributed by atoms with Crippen LogP contribution in [0.5, 0.6) is 0 Å². The zero-order valence-electron chi connectivity index (χ0n) is 3.72. The van der Waals surface area contributed by atoms with Crippen LogP contribution >= 0.6 is 21.5 Å². The molecule has 0 spiro atoms. The van der Waals surface area contributed by atoms with E-state index in [4.69, 9.17) is 10.7 Å². The Morgan fingerprint density at radius 3 is 2.14 bits per heavy atom. The lowest BCUT2D eigenvalue weighted by Crippen LogP contribution is -1.78. The third-order valence-electron chi connectivity index (χ3n) is 0.259. The van der Waals surface area contributed by atoms with E-state index >= 15 is 0 Å². The van der Waals surface area contributed by atoms with Gasteiger partial charge in [0.2, 0.25) is 0 Å². The lowest BCUT2D eigenvalue weighted by molar-refractivity contribution is 0.622. The molecular formula is C2H5ClO2S2. The summed E-state index contributed by atoms with van der Waals surface area (Å²) in [7, 11) is 2.21. The first-order valence-corrected chi connectivity index (χ1v) is 5.46. The van der Waals surface area contributed by atoms with Crippen LogP contribution in [-0.4, -0.2) is 14.2 Å². The Labute approximate surface area is 51.1 Å². The largest absolute Gasteiger partial charge is 0.285 e. The van der Waals surface area contributed by atoms with Crippen molar-refractivity contribution in [2.24, 2.45) is 0 Å². The topological polar surface area (TPSA) is 34.1 Å². The van der Waals surface area contributed by atoms with Crippen molar-refractivity contribution >= 4 is 29.6 Å². The summed E-state index contributed by atoms with van der Waals surface area (Å²) in [4.78, 5) is 0. The van der Waals surface area contributed by atoms with Gasteiger partial charge in [-0.25, -0.2) is 8.42 Å². The second-order valence-electron chi connectivity index (χ2n) is 0.800. The van der Waals surface area contributed by atoms with Gasteiger partial charge in [0.05, 0.1) is 0 Å². The zero-order chi connectivity index (χ0) is 5.91. The van der Waals surface area contributed by atoms with E-state index in [9.17, 15) is 8.42 Å². The summed E-state index contributed by atoms with van der Waals surface area (Å²) in [6.07, 6.45) is 0. The first kappa shape index (κ1) is 7.59. The van der Waals surface area contributed by atoms with Gasteiger partial charge in [-0.05, 0) is 10.8 Å². The molecule has 0 atom stereocenters. The van der Waals surface area contributed by atoms with Gasteiger partial charge in [-0.15, -0.1) is 0 Å². The number of hydrogen-bond acceptors (Lipinski definition) is 3. The molecule has 7 heavy (non-hydrogen) atoms. The molecule has 0 N–H and O–H groups in total. The van der Waals surface area contributed by atoms with Gasteiger partial charge in [-0.1, -0.05) is 6.92 Å². The molecule has 0 aromatic heterocycles. The summed E-state index contributed by atoms with van der Waals surface area (Å²) in [6, 6.07) is 0. The van der Waals surface area contributed by atoms with Crippen molar-refractivity contribution in [1.82, 2.24) is 0 Å². The molecule has 0 aromatic carbocycles. The van der Waals surface area contributed by atoms with E-state index in [0.717, 1.165) is 10.8 Å². The van der Waals surface area contributed by atoms with Gasteiger partial charge in [-0.2, -0.15) is 0 Å². The van der Waals surface area contributed by atoms with Crippen LogP contribution < -0.4 is 0 Å². The maximum Gasteiger partial charge on any atom is 0.285 e. The molecule has 0 aliphatic carbocycles. The van der Waals surface area contributed by atoms with Crippen LogP contribution in [0, 0.1) is 0 Å². The second-order valence-corrected chi connectivity index (χ2v) is 6.19. The highest BCUT2D eigenvalue weighted by Gasteiger charge is 2.00. The van der Waals surface area contributed by atoms with Crippen molar-refractivity contribution in [1.29, 1.82) is 0 Å². The summed E-state index contributed by atoms with van der Waals surface area (Å²) < 4.78 is 19.9. The van der Waals surface area contributed by atoms with Crippen LogP contribution in [0.4, 0.5) is 0 Å². The quantitative estimate of drug-likeness (QED) is 0.450. The predicted molar refractivity (Wildman–Crippen MR) is 32.9 cm³/mol. The summed E-state index contributed by atoms with van der Waals surface area (Å²) in [5, 5.41) is 0. The van der Waals surface area contributed by atoms with Crippen molar-refractivity contribution in [2.75, 3.05) is 5.75 Å². The molecule has 0 aliphatic rings. The first-order chi connectivity index (χ1) is 3.06. The Balaban J connectivity index is 3.60. The van der Waals surface area contributed by atoms with Crippen molar-refractivity contribution in [2.45, 2.75) is 6.92 Å². The molecule has 0 radical (unpaired) electrons. The monoisotopic (exact) mass is 160 g/mol. The molecule has 2 nitrogen and oxygen atoms in total. The third kappa shape index (κ3) is 6.59.